The molecule has 126 valence electrons. The molecule has 0 aliphatic carbocycles. The number of rotatable bonds is 5. The van der Waals surface area contributed by atoms with Gasteiger partial charge in [-0.1, -0.05) is 11.6 Å². The first-order valence-electron chi connectivity index (χ1n) is 6.59. The monoisotopic (exact) mass is 475 g/mol. The van der Waals surface area contributed by atoms with Crippen LogP contribution >= 0.6 is 43.5 Å². The molecule has 0 spiro atoms. The van der Waals surface area contributed by atoms with Gasteiger partial charge in [-0.05, 0) is 56.1 Å². The highest BCUT2D eigenvalue weighted by Gasteiger charge is 2.08. The first kappa shape index (κ1) is 18.6. The third kappa shape index (κ3) is 5.12. The van der Waals surface area contributed by atoms with Crippen molar-refractivity contribution >= 4 is 61.3 Å². The summed E-state index contributed by atoms with van der Waals surface area (Å²) in [5.41, 5.74) is 3.39. The lowest BCUT2D eigenvalue weighted by Crippen LogP contribution is -2.26. The zero-order chi connectivity index (χ0) is 17.7. The predicted octanol–water partition coefficient (Wildman–Crippen LogP) is 3.84. The van der Waals surface area contributed by atoms with E-state index in [-0.39, 0.29) is 24.0 Å². The summed E-state index contributed by atoms with van der Waals surface area (Å²) in [4.78, 5) is 11.8. The van der Waals surface area contributed by atoms with Gasteiger partial charge in [0.2, 0.25) is 0 Å². The molecule has 24 heavy (non-hydrogen) atoms. The summed E-state index contributed by atoms with van der Waals surface area (Å²) in [6.45, 7) is -0.0161. The van der Waals surface area contributed by atoms with Crippen LogP contribution in [0.15, 0.2) is 44.4 Å². The lowest BCUT2D eigenvalue weighted by Gasteiger charge is -2.10. The number of hydrogen-bond donors (Lipinski definition) is 4. The first-order valence-corrected chi connectivity index (χ1v) is 8.55. The molecule has 2 aromatic rings. The van der Waals surface area contributed by atoms with Gasteiger partial charge >= 0.3 is 0 Å². The van der Waals surface area contributed by atoms with Crippen LogP contribution in [-0.2, 0) is 4.79 Å². The number of phenols is 2. The van der Waals surface area contributed by atoms with Crippen molar-refractivity contribution in [2.75, 3.05) is 11.9 Å². The Hall–Kier alpha value is -1.77. The molecule has 6 nitrogen and oxygen atoms in total. The topological polar surface area (TPSA) is 94.0 Å². The molecule has 0 saturated heterocycles. The number of carbonyl (C=O) groups excluding carboxylic acids is 1. The number of amides is 1. The molecule has 1 amide bonds. The van der Waals surface area contributed by atoms with Gasteiger partial charge in [-0.3, -0.25) is 4.79 Å². The van der Waals surface area contributed by atoms with Crippen molar-refractivity contribution in [3.05, 3.63) is 49.9 Å². The number of hydrogen-bond acceptors (Lipinski definition) is 5. The van der Waals surface area contributed by atoms with Crippen LogP contribution in [0.25, 0.3) is 0 Å². The predicted molar refractivity (Wildman–Crippen MR) is 101 cm³/mol. The minimum Gasteiger partial charge on any atom is -0.508 e. The quantitative estimate of drug-likeness (QED) is 0.389. The van der Waals surface area contributed by atoms with Crippen LogP contribution in [0.3, 0.4) is 0 Å². The minimum absolute atomic E-state index is 0.0161. The molecule has 2 rings (SSSR count). The normalized spacial score (nSPS) is 10.8. The van der Waals surface area contributed by atoms with E-state index in [1.54, 1.807) is 12.1 Å². The molecule has 2 aromatic carbocycles. The van der Waals surface area contributed by atoms with E-state index < -0.39 is 0 Å². The van der Waals surface area contributed by atoms with Crippen molar-refractivity contribution in [3.63, 3.8) is 0 Å². The lowest BCUT2D eigenvalue weighted by atomic mass is 10.2. The Morgan fingerprint density at radius 3 is 2.50 bits per heavy atom. The number of nitrogens with one attached hydrogen (secondary N) is 2. The molecule has 0 bridgehead atoms. The molecule has 4 N–H and O–H groups in total. The number of aromatic hydroxyl groups is 2. The molecule has 0 aliphatic rings. The summed E-state index contributed by atoms with van der Waals surface area (Å²) < 4.78 is 1.43. The van der Waals surface area contributed by atoms with E-state index in [1.165, 1.54) is 24.4 Å². The summed E-state index contributed by atoms with van der Waals surface area (Å²) in [6.07, 6.45) is 1.28. The van der Waals surface area contributed by atoms with Crippen LogP contribution in [0.4, 0.5) is 5.69 Å². The lowest BCUT2D eigenvalue weighted by molar-refractivity contribution is -0.119. The Balaban J connectivity index is 1.91. The van der Waals surface area contributed by atoms with Crippen LogP contribution in [-0.4, -0.2) is 28.9 Å². The number of anilines is 1. The molecule has 0 heterocycles. The number of carbonyl (C=O) groups is 1. The Morgan fingerprint density at radius 2 is 1.88 bits per heavy atom. The van der Waals surface area contributed by atoms with Crippen molar-refractivity contribution in [3.8, 4) is 11.5 Å². The smallest absolute Gasteiger partial charge is 0.259 e. The number of phenolic OH excluding ortho intramolecular Hbond substituents is 2. The Bertz CT molecular complexity index is 777. The molecule has 0 fully saturated rings. The molecule has 0 aliphatic heterocycles. The SMILES string of the molecule is O=C(CNc1c(Br)cc(Cl)cc1Br)N/N=C/c1ccc(O)cc1O. The van der Waals surface area contributed by atoms with Gasteiger partial charge in [-0.15, -0.1) is 0 Å². The maximum atomic E-state index is 11.8. The fraction of sp³-hybridized carbons (Fsp3) is 0.0667. The van der Waals surface area contributed by atoms with Gasteiger partial charge in [-0.2, -0.15) is 5.10 Å². The summed E-state index contributed by atoms with van der Waals surface area (Å²) in [5.74, 6) is -0.574. The van der Waals surface area contributed by atoms with Gasteiger partial charge in [0.25, 0.3) is 5.91 Å². The summed E-state index contributed by atoms with van der Waals surface area (Å²) in [6, 6.07) is 7.47. The van der Waals surface area contributed by atoms with E-state index in [0.29, 0.717) is 25.2 Å². The van der Waals surface area contributed by atoms with Crippen LogP contribution < -0.4 is 10.7 Å². The van der Waals surface area contributed by atoms with Gasteiger partial charge in [0.05, 0.1) is 18.4 Å². The second-order valence-corrected chi connectivity index (χ2v) is 6.78. The van der Waals surface area contributed by atoms with E-state index in [4.69, 9.17) is 11.6 Å². The van der Waals surface area contributed by atoms with E-state index in [9.17, 15) is 15.0 Å². The highest BCUT2D eigenvalue weighted by atomic mass is 79.9. The summed E-state index contributed by atoms with van der Waals surface area (Å²) in [7, 11) is 0. The standard InChI is InChI=1S/C15H12Br2ClN3O3/c16-11-3-9(18)4-12(17)15(11)19-7-14(24)21-20-6-8-1-2-10(22)5-13(8)23/h1-6,19,22-23H,7H2,(H,21,24)/b20-6+. The second kappa shape index (κ2) is 8.36. The van der Waals surface area contributed by atoms with Crippen molar-refractivity contribution in [1.82, 2.24) is 5.43 Å². The molecule has 0 radical (unpaired) electrons. The Labute approximate surface area is 159 Å². The third-order valence-corrected chi connectivity index (χ3v) is 4.31. The molecule has 0 aromatic heterocycles. The fourth-order valence-electron chi connectivity index (χ4n) is 1.73. The molecule has 0 saturated carbocycles. The summed E-state index contributed by atoms with van der Waals surface area (Å²) >= 11 is 12.6. The number of benzene rings is 2. The molecule has 0 atom stereocenters. The minimum atomic E-state index is -0.377. The zero-order valence-corrected chi connectivity index (χ0v) is 16.0. The van der Waals surface area contributed by atoms with E-state index in [0.717, 1.165) is 0 Å². The van der Waals surface area contributed by atoms with Gasteiger partial charge in [0.1, 0.15) is 11.5 Å². The van der Waals surface area contributed by atoms with Crippen molar-refractivity contribution in [1.29, 1.82) is 0 Å². The molecular weight excluding hydrogens is 465 g/mol. The van der Waals surface area contributed by atoms with Gasteiger partial charge < -0.3 is 15.5 Å². The van der Waals surface area contributed by atoms with E-state index in [2.05, 4.69) is 47.7 Å². The summed E-state index contributed by atoms with van der Waals surface area (Å²) in [5, 5.41) is 26.1. The van der Waals surface area contributed by atoms with Crippen molar-refractivity contribution < 1.29 is 15.0 Å². The molecular formula is C15H12Br2ClN3O3. The van der Waals surface area contributed by atoms with E-state index in [1.807, 2.05) is 0 Å². The average molecular weight is 478 g/mol. The fourth-order valence-corrected chi connectivity index (χ4v) is 3.68. The van der Waals surface area contributed by atoms with Gasteiger partial charge in [0, 0.05) is 25.6 Å². The van der Waals surface area contributed by atoms with Gasteiger partial charge in [0.15, 0.2) is 0 Å². The van der Waals surface area contributed by atoms with Crippen LogP contribution in [0.2, 0.25) is 5.02 Å². The first-order chi connectivity index (χ1) is 11.4. The number of halogens is 3. The second-order valence-electron chi connectivity index (χ2n) is 4.63. The third-order valence-electron chi connectivity index (χ3n) is 2.84. The van der Waals surface area contributed by atoms with Crippen LogP contribution in [0.5, 0.6) is 11.5 Å². The molecule has 9 heteroatoms. The highest BCUT2D eigenvalue weighted by Crippen LogP contribution is 2.33. The number of hydrazone groups is 1. The molecule has 0 unspecified atom stereocenters. The Kier molecular flexibility index (Phi) is 6.47. The maximum absolute atomic E-state index is 11.8. The van der Waals surface area contributed by atoms with Crippen molar-refractivity contribution in [2.24, 2.45) is 5.10 Å². The van der Waals surface area contributed by atoms with Crippen LogP contribution in [0.1, 0.15) is 5.56 Å². The van der Waals surface area contributed by atoms with Gasteiger partial charge in [-0.25, -0.2) is 5.43 Å². The van der Waals surface area contributed by atoms with E-state index >= 15 is 0 Å². The number of nitrogens with zero attached hydrogens (tertiary/aromatic N) is 1. The van der Waals surface area contributed by atoms with Crippen molar-refractivity contribution in [2.45, 2.75) is 0 Å². The van der Waals surface area contributed by atoms with Crippen LogP contribution in [0, 0.1) is 0 Å². The largest absolute Gasteiger partial charge is 0.508 e. The zero-order valence-electron chi connectivity index (χ0n) is 12.1. The highest BCUT2D eigenvalue weighted by molar-refractivity contribution is 9.11. The Morgan fingerprint density at radius 1 is 1.21 bits per heavy atom. The maximum Gasteiger partial charge on any atom is 0.259 e. The average Bonchev–Trinajstić information content (AvgIpc) is 2.48.